The summed E-state index contributed by atoms with van der Waals surface area (Å²) in [7, 11) is -3.61. The summed E-state index contributed by atoms with van der Waals surface area (Å²) in [5, 5.41) is 12.3. The number of hydrogen-bond donors (Lipinski definition) is 3. The van der Waals surface area contributed by atoms with Gasteiger partial charge in [-0.15, -0.1) is 11.3 Å². The SMILES string of the molecule is CC(C)C(NC(=O)c1cccs1)C(=O)Nc1ccc(CS(N)(=O)=O)cc1. The second-order valence-electron chi connectivity index (χ2n) is 6.17. The molecule has 2 amide bonds. The van der Waals surface area contributed by atoms with Gasteiger partial charge in [0.2, 0.25) is 15.9 Å². The summed E-state index contributed by atoms with van der Waals surface area (Å²) >= 11 is 1.30. The average Bonchev–Trinajstić information content (AvgIpc) is 3.07. The molecule has 0 aliphatic carbocycles. The van der Waals surface area contributed by atoms with Crippen molar-refractivity contribution in [2.45, 2.75) is 25.6 Å². The number of sulfonamides is 1. The molecule has 4 N–H and O–H groups in total. The zero-order chi connectivity index (χ0) is 19.3. The van der Waals surface area contributed by atoms with Crippen LogP contribution in [0.3, 0.4) is 0 Å². The lowest BCUT2D eigenvalue weighted by molar-refractivity contribution is -0.118. The average molecular weight is 396 g/mol. The van der Waals surface area contributed by atoms with Gasteiger partial charge < -0.3 is 10.6 Å². The van der Waals surface area contributed by atoms with Crippen LogP contribution in [0.4, 0.5) is 5.69 Å². The quantitative estimate of drug-likeness (QED) is 0.664. The molecule has 0 radical (unpaired) electrons. The molecule has 0 spiro atoms. The normalized spacial score (nSPS) is 12.6. The standard InChI is InChI=1S/C17H21N3O4S2/c1-11(2)15(20-16(21)14-4-3-9-25-14)17(22)19-13-7-5-12(6-8-13)10-26(18,23)24/h3-9,11,15H,10H2,1-2H3,(H,19,22)(H,20,21)(H2,18,23,24). The van der Waals surface area contributed by atoms with E-state index in [4.69, 9.17) is 5.14 Å². The van der Waals surface area contributed by atoms with Crippen LogP contribution in [0.2, 0.25) is 0 Å². The highest BCUT2D eigenvalue weighted by Gasteiger charge is 2.25. The van der Waals surface area contributed by atoms with Crippen molar-refractivity contribution in [3.63, 3.8) is 0 Å². The first-order chi connectivity index (χ1) is 12.2. The largest absolute Gasteiger partial charge is 0.339 e. The molecule has 140 valence electrons. The van der Waals surface area contributed by atoms with Gasteiger partial charge in [0, 0.05) is 5.69 Å². The minimum atomic E-state index is -3.61. The van der Waals surface area contributed by atoms with E-state index >= 15 is 0 Å². The summed E-state index contributed by atoms with van der Waals surface area (Å²) in [5.41, 5.74) is 1.03. The van der Waals surface area contributed by atoms with E-state index in [1.54, 1.807) is 41.8 Å². The summed E-state index contributed by atoms with van der Waals surface area (Å²) in [6, 6.07) is 9.11. The molecule has 0 fully saturated rings. The molecule has 0 saturated heterocycles. The fourth-order valence-electron chi connectivity index (χ4n) is 2.29. The van der Waals surface area contributed by atoms with Crippen molar-refractivity contribution in [2.75, 3.05) is 5.32 Å². The Morgan fingerprint density at radius 1 is 1.15 bits per heavy atom. The zero-order valence-corrected chi connectivity index (χ0v) is 16.1. The Morgan fingerprint density at radius 2 is 1.81 bits per heavy atom. The maximum atomic E-state index is 12.5. The van der Waals surface area contributed by atoms with Crippen molar-refractivity contribution in [3.8, 4) is 0 Å². The van der Waals surface area contributed by atoms with Gasteiger partial charge in [0.25, 0.3) is 5.91 Å². The number of primary sulfonamides is 1. The van der Waals surface area contributed by atoms with Gasteiger partial charge in [0.05, 0.1) is 10.6 Å². The van der Waals surface area contributed by atoms with Crippen LogP contribution < -0.4 is 15.8 Å². The van der Waals surface area contributed by atoms with Crippen molar-refractivity contribution in [1.29, 1.82) is 0 Å². The van der Waals surface area contributed by atoms with Crippen LogP contribution in [0.25, 0.3) is 0 Å². The number of benzene rings is 1. The molecule has 7 nitrogen and oxygen atoms in total. The fraction of sp³-hybridized carbons (Fsp3) is 0.294. The van der Waals surface area contributed by atoms with Crippen LogP contribution in [-0.4, -0.2) is 26.3 Å². The first-order valence-electron chi connectivity index (χ1n) is 7.90. The molecule has 1 heterocycles. The first kappa shape index (κ1) is 20.1. The van der Waals surface area contributed by atoms with Crippen molar-refractivity contribution in [1.82, 2.24) is 5.32 Å². The minimum Gasteiger partial charge on any atom is -0.339 e. The smallest absolute Gasteiger partial charge is 0.262 e. The van der Waals surface area contributed by atoms with Gasteiger partial charge in [-0.2, -0.15) is 0 Å². The topological polar surface area (TPSA) is 118 Å². The number of nitrogens with two attached hydrogens (primary N) is 1. The van der Waals surface area contributed by atoms with E-state index in [1.165, 1.54) is 11.3 Å². The Labute approximate surface area is 156 Å². The summed E-state index contributed by atoms with van der Waals surface area (Å²) in [4.78, 5) is 25.3. The molecular formula is C17H21N3O4S2. The number of nitrogens with one attached hydrogen (secondary N) is 2. The van der Waals surface area contributed by atoms with Crippen molar-refractivity contribution in [2.24, 2.45) is 11.1 Å². The molecule has 9 heteroatoms. The van der Waals surface area contributed by atoms with Crippen molar-refractivity contribution in [3.05, 3.63) is 52.2 Å². The van der Waals surface area contributed by atoms with E-state index in [0.717, 1.165) is 0 Å². The lowest BCUT2D eigenvalue weighted by atomic mass is 10.0. The number of hydrogen-bond acceptors (Lipinski definition) is 5. The van der Waals surface area contributed by atoms with Gasteiger partial charge in [-0.1, -0.05) is 32.0 Å². The minimum absolute atomic E-state index is 0.111. The van der Waals surface area contributed by atoms with Crippen LogP contribution >= 0.6 is 11.3 Å². The Bertz CT molecular complexity index is 860. The molecule has 1 aromatic heterocycles. The molecule has 0 aliphatic heterocycles. The van der Waals surface area contributed by atoms with Crippen LogP contribution in [0.15, 0.2) is 41.8 Å². The molecule has 2 aromatic rings. The van der Waals surface area contributed by atoms with E-state index in [1.807, 2.05) is 13.8 Å². The zero-order valence-electron chi connectivity index (χ0n) is 14.4. The predicted octanol–water partition coefficient (Wildman–Crippen LogP) is 1.93. The summed E-state index contributed by atoms with van der Waals surface area (Å²) in [6.07, 6.45) is 0. The number of rotatable bonds is 7. The van der Waals surface area contributed by atoms with Gasteiger partial charge in [0.15, 0.2) is 0 Å². The Kier molecular flexibility index (Phi) is 6.52. The molecule has 1 aromatic carbocycles. The van der Waals surface area contributed by atoms with Gasteiger partial charge in [0.1, 0.15) is 6.04 Å². The van der Waals surface area contributed by atoms with Gasteiger partial charge in [-0.3, -0.25) is 9.59 Å². The first-order valence-corrected chi connectivity index (χ1v) is 10.5. The van der Waals surface area contributed by atoms with Gasteiger partial charge in [-0.25, -0.2) is 13.6 Å². The molecule has 1 unspecified atom stereocenters. The number of carbonyl (C=O) groups excluding carboxylic acids is 2. The molecule has 26 heavy (non-hydrogen) atoms. The van der Waals surface area contributed by atoms with Crippen LogP contribution in [0, 0.1) is 5.92 Å². The Morgan fingerprint density at radius 3 is 2.31 bits per heavy atom. The molecule has 0 aliphatic rings. The number of carbonyl (C=O) groups is 2. The third-order valence-corrected chi connectivity index (χ3v) is 5.17. The van der Waals surface area contributed by atoms with E-state index in [2.05, 4.69) is 10.6 Å². The molecule has 2 rings (SSSR count). The van der Waals surface area contributed by atoms with E-state index < -0.39 is 16.1 Å². The molecular weight excluding hydrogens is 374 g/mol. The molecule has 0 saturated carbocycles. The third kappa shape index (κ3) is 5.94. The highest BCUT2D eigenvalue weighted by molar-refractivity contribution is 7.88. The number of anilines is 1. The summed E-state index contributed by atoms with van der Waals surface area (Å²) in [5.74, 6) is -1.02. The lowest BCUT2D eigenvalue weighted by Crippen LogP contribution is -2.46. The second-order valence-corrected chi connectivity index (χ2v) is 8.73. The van der Waals surface area contributed by atoms with E-state index in [9.17, 15) is 18.0 Å². The number of thiophene rings is 1. The van der Waals surface area contributed by atoms with E-state index in [-0.39, 0.29) is 23.5 Å². The van der Waals surface area contributed by atoms with E-state index in [0.29, 0.717) is 16.1 Å². The lowest BCUT2D eigenvalue weighted by Gasteiger charge is -2.21. The highest BCUT2D eigenvalue weighted by Crippen LogP contribution is 2.14. The third-order valence-electron chi connectivity index (χ3n) is 3.57. The second kappa shape index (κ2) is 8.43. The predicted molar refractivity (Wildman–Crippen MR) is 102 cm³/mol. The van der Waals surface area contributed by atoms with Crippen molar-refractivity contribution >= 4 is 38.9 Å². The maximum absolute atomic E-state index is 12.5. The fourth-order valence-corrected chi connectivity index (χ4v) is 3.58. The Balaban J connectivity index is 2.04. The maximum Gasteiger partial charge on any atom is 0.262 e. The summed E-state index contributed by atoms with van der Waals surface area (Å²) in [6.45, 7) is 3.68. The van der Waals surface area contributed by atoms with Crippen LogP contribution in [0.5, 0.6) is 0 Å². The van der Waals surface area contributed by atoms with Crippen LogP contribution in [0.1, 0.15) is 29.1 Å². The van der Waals surface area contributed by atoms with Gasteiger partial charge >= 0.3 is 0 Å². The Hall–Kier alpha value is -2.23. The molecule has 1 atom stereocenters. The monoisotopic (exact) mass is 395 g/mol. The highest BCUT2D eigenvalue weighted by atomic mass is 32.2. The van der Waals surface area contributed by atoms with Gasteiger partial charge in [-0.05, 0) is 35.1 Å². The van der Waals surface area contributed by atoms with Crippen LogP contribution in [-0.2, 0) is 20.6 Å². The molecule has 0 bridgehead atoms. The summed E-state index contributed by atoms with van der Waals surface area (Å²) < 4.78 is 22.2. The number of amides is 2. The van der Waals surface area contributed by atoms with Crippen molar-refractivity contribution < 1.29 is 18.0 Å².